The fourth-order valence-electron chi connectivity index (χ4n) is 0.865. The van der Waals surface area contributed by atoms with Gasteiger partial charge in [-0.15, -0.1) is 0 Å². The number of aliphatic hydroxyl groups is 5. The van der Waals surface area contributed by atoms with Gasteiger partial charge in [0.15, 0.2) is 6.29 Å². The Morgan fingerprint density at radius 3 is 1.60 bits per heavy atom. The molecule has 0 aromatic carbocycles. The number of hydrogen-bond acceptors (Lipinski definition) is 8. The maximum absolute atomic E-state index is 9.92. The van der Waals surface area contributed by atoms with E-state index in [9.17, 15) is 14.4 Å². The number of aldehydes is 1. The fourth-order valence-corrected chi connectivity index (χ4v) is 0.865. The van der Waals surface area contributed by atoms with Crippen molar-refractivity contribution in [2.75, 3.05) is 6.61 Å². The summed E-state index contributed by atoms with van der Waals surface area (Å²) in [4.78, 5) is 29.7. The molecule has 0 aliphatic heterocycles. The third kappa shape index (κ3) is 10.3. The number of carbonyl (C=O) groups excluding carboxylic acids is 3. The Kier molecular flexibility index (Phi) is 11.7. The first-order valence-corrected chi connectivity index (χ1v) is 5.52. The van der Waals surface area contributed by atoms with Crippen molar-refractivity contribution in [3.63, 3.8) is 0 Å². The van der Waals surface area contributed by atoms with Crippen molar-refractivity contribution in [1.29, 1.82) is 0 Å². The molecule has 0 aromatic rings. The molecule has 0 rings (SSSR count). The summed E-state index contributed by atoms with van der Waals surface area (Å²) >= 11 is 0. The van der Waals surface area contributed by atoms with E-state index in [2.05, 4.69) is 0 Å². The van der Waals surface area contributed by atoms with Crippen LogP contribution in [0.15, 0.2) is 0 Å². The van der Waals surface area contributed by atoms with E-state index in [1.165, 1.54) is 0 Å². The summed E-state index contributed by atoms with van der Waals surface area (Å²) in [6.45, 7) is -0.760. The SMILES string of the molecule is NC(=O)CCC(N)=O.O=C[C@H](O)[C@@H](O)[C@H](O)[C@H](O)CO. The summed E-state index contributed by atoms with van der Waals surface area (Å²) in [5.74, 6) is -0.993. The van der Waals surface area contributed by atoms with E-state index in [0.717, 1.165) is 0 Å². The van der Waals surface area contributed by atoms with Crippen molar-refractivity contribution in [1.82, 2.24) is 0 Å². The van der Waals surface area contributed by atoms with Gasteiger partial charge in [-0.05, 0) is 0 Å². The molecule has 0 unspecified atom stereocenters. The first-order valence-electron chi connectivity index (χ1n) is 5.52. The number of nitrogens with two attached hydrogens (primary N) is 2. The van der Waals surface area contributed by atoms with Crippen molar-refractivity contribution in [3.8, 4) is 0 Å². The van der Waals surface area contributed by atoms with Gasteiger partial charge in [0.1, 0.15) is 24.4 Å². The Morgan fingerprint density at radius 1 is 0.950 bits per heavy atom. The number of carbonyl (C=O) groups is 3. The molecule has 10 heteroatoms. The summed E-state index contributed by atoms with van der Waals surface area (Å²) in [6, 6.07) is 0. The van der Waals surface area contributed by atoms with E-state index in [1.54, 1.807) is 0 Å². The third-order valence-electron chi connectivity index (χ3n) is 2.04. The number of rotatable bonds is 8. The second kappa shape index (κ2) is 11.3. The van der Waals surface area contributed by atoms with Crippen LogP contribution in [0.4, 0.5) is 0 Å². The van der Waals surface area contributed by atoms with E-state index in [1.807, 2.05) is 0 Å². The Hall–Kier alpha value is -1.59. The normalized spacial score (nSPS) is 16.1. The van der Waals surface area contributed by atoms with Gasteiger partial charge in [-0.25, -0.2) is 0 Å². The number of aliphatic hydroxyl groups excluding tert-OH is 5. The second-order valence-electron chi connectivity index (χ2n) is 3.79. The predicted molar refractivity (Wildman–Crippen MR) is 64.8 cm³/mol. The molecule has 0 radical (unpaired) electrons. The molecule has 0 bridgehead atoms. The van der Waals surface area contributed by atoms with Gasteiger partial charge in [-0.3, -0.25) is 9.59 Å². The maximum atomic E-state index is 9.92. The van der Waals surface area contributed by atoms with Gasteiger partial charge < -0.3 is 41.8 Å². The quantitative estimate of drug-likeness (QED) is 0.216. The summed E-state index contributed by atoms with van der Waals surface area (Å²) in [7, 11) is 0. The standard InChI is InChI=1S/C6H12O6.C4H8N2O2/c7-1-3(9)5(11)6(12)4(10)2-8;5-3(7)1-2-4(6)8/h1,3-6,8-12H,2H2;1-2H2,(H2,5,7)(H2,6,8)/t3-,4+,5+,6+;/m0./s1. The highest BCUT2D eigenvalue weighted by Gasteiger charge is 2.29. The molecular formula is C10H20N2O8. The van der Waals surface area contributed by atoms with Crippen molar-refractivity contribution in [2.24, 2.45) is 11.5 Å². The molecule has 0 aliphatic rings. The molecule has 9 N–H and O–H groups in total. The molecule has 10 nitrogen and oxygen atoms in total. The predicted octanol–water partition coefficient (Wildman–Crippen LogP) is -4.64. The van der Waals surface area contributed by atoms with Gasteiger partial charge in [0.2, 0.25) is 11.8 Å². The molecule has 0 spiro atoms. The lowest BCUT2D eigenvalue weighted by atomic mass is 10.0. The van der Waals surface area contributed by atoms with Crippen LogP contribution in [-0.4, -0.2) is 74.7 Å². The summed E-state index contributed by atoms with van der Waals surface area (Å²) in [5.41, 5.74) is 9.39. The highest BCUT2D eigenvalue weighted by Crippen LogP contribution is 2.02. The van der Waals surface area contributed by atoms with Gasteiger partial charge in [-0.2, -0.15) is 0 Å². The number of amides is 2. The fraction of sp³-hybridized carbons (Fsp3) is 0.700. The topological polar surface area (TPSA) is 204 Å². The lowest BCUT2D eigenvalue weighted by Gasteiger charge is -2.22. The second-order valence-corrected chi connectivity index (χ2v) is 3.79. The lowest BCUT2D eigenvalue weighted by Crippen LogP contribution is -2.46. The van der Waals surface area contributed by atoms with E-state index >= 15 is 0 Å². The highest BCUT2D eigenvalue weighted by molar-refractivity contribution is 5.81. The minimum Gasteiger partial charge on any atom is -0.394 e. The van der Waals surface area contributed by atoms with Crippen LogP contribution < -0.4 is 11.5 Å². The minimum absolute atomic E-state index is 0.0258. The Morgan fingerprint density at radius 2 is 1.35 bits per heavy atom. The zero-order valence-electron chi connectivity index (χ0n) is 10.6. The van der Waals surface area contributed by atoms with Gasteiger partial charge in [0.25, 0.3) is 0 Å². The van der Waals surface area contributed by atoms with E-state index < -0.39 is 42.8 Å². The van der Waals surface area contributed by atoms with Gasteiger partial charge in [0.05, 0.1) is 6.61 Å². The lowest BCUT2D eigenvalue weighted by molar-refractivity contribution is -0.136. The van der Waals surface area contributed by atoms with Crippen molar-refractivity contribution >= 4 is 18.1 Å². The summed E-state index contributed by atoms with van der Waals surface area (Å²) in [5, 5.41) is 43.5. The first-order chi connectivity index (χ1) is 9.17. The van der Waals surface area contributed by atoms with Crippen molar-refractivity contribution in [3.05, 3.63) is 0 Å². The molecule has 0 aliphatic carbocycles. The van der Waals surface area contributed by atoms with Crippen LogP contribution in [0.5, 0.6) is 0 Å². The van der Waals surface area contributed by atoms with Crippen LogP contribution in [0.1, 0.15) is 12.8 Å². The molecule has 0 saturated heterocycles. The average molecular weight is 296 g/mol. The van der Waals surface area contributed by atoms with Crippen molar-refractivity contribution in [2.45, 2.75) is 37.3 Å². The smallest absolute Gasteiger partial charge is 0.217 e. The van der Waals surface area contributed by atoms with Gasteiger partial charge >= 0.3 is 0 Å². The molecule has 20 heavy (non-hydrogen) atoms. The Bertz CT molecular complexity index is 298. The van der Waals surface area contributed by atoms with Crippen LogP contribution in [0, 0.1) is 0 Å². The minimum atomic E-state index is -1.79. The first kappa shape index (κ1) is 20.7. The van der Waals surface area contributed by atoms with Gasteiger partial charge in [0, 0.05) is 12.8 Å². The summed E-state index contributed by atoms with van der Waals surface area (Å²) < 4.78 is 0. The van der Waals surface area contributed by atoms with Crippen LogP contribution in [0.2, 0.25) is 0 Å². The van der Waals surface area contributed by atoms with E-state index in [0.29, 0.717) is 0 Å². The molecule has 4 atom stereocenters. The molecule has 0 fully saturated rings. The Balaban J connectivity index is 0. The van der Waals surface area contributed by atoms with Crippen LogP contribution in [0.3, 0.4) is 0 Å². The largest absolute Gasteiger partial charge is 0.394 e. The number of hydrogen-bond donors (Lipinski definition) is 7. The monoisotopic (exact) mass is 296 g/mol. The highest BCUT2D eigenvalue weighted by atomic mass is 16.4. The maximum Gasteiger partial charge on any atom is 0.217 e. The molecule has 0 saturated carbocycles. The molecule has 2 amide bonds. The molecule has 0 aromatic heterocycles. The average Bonchev–Trinajstić information content (AvgIpc) is 2.42. The van der Waals surface area contributed by atoms with Gasteiger partial charge in [-0.1, -0.05) is 0 Å². The van der Waals surface area contributed by atoms with Crippen LogP contribution in [0.25, 0.3) is 0 Å². The molecule has 0 heterocycles. The van der Waals surface area contributed by atoms with Crippen LogP contribution in [-0.2, 0) is 14.4 Å². The zero-order valence-corrected chi connectivity index (χ0v) is 10.6. The number of primary amides is 2. The molecule has 118 valence electrons. The zero-order chi connectivity index (χ0) is 16.3. The van der Waals surface area contributed by atoms with E-state index in [4.69, 9.17) is 37.0 Å². The van der Waals surface area contributed by atoms with E-state index in [-0.39, 0.29) is 19.1 Å². The molecular weight excluding hydrogens is 276 g/mol. The van der Waals surface area contributed by atoms with Crippen LogP contribution >= 0.6 is 0 Å². The third-order valence-corrected chi connectivity index (χ3v) is 2.04. The van der Waals surface area contributed by atoms with Crippen molar-refractivity contribution < 1.29 is 39.9 Å². The summed E-state index contributed by atoms with van der Waals surface area (Å²) in [6.07, 6.45) is -6.74. The Labute approximate surface area is 114 Å².